The van der Waals surface area contributed by atoms with Gasteiger partial charge in [-0.1, -0.05) is 23.7 Å². The highest BCUT2D eigenvalue weighted by atomic mass is 35.5. The first-order valence-electron chi connectivity index (χ1n) is 6.14. The van der Waals surface area contributed by atoms with E-state index in [4.69, 9.17) is 32.7 Å². The maximum absolute atomic E-state index is 13.2. The Morgan fingerprint density at radius 2 is 1.60 bits per heavy atom. The van der Waals surface area contributed by atoms with Crippen molar-refractivity contribution in [2.45, 2.75) is 5.38 Å². The van der Waals surface area contributed by atoms with Gasteiger partial charge < -0.3 is 9.47 Å². The van der Waals surface area contributed by atoms with Crippen LogP contribution in [0.5, 0.6) is 11.5 Å². The molecule has 0 aliphatic carbocycles. The third kappa shape index (κ3) is 2.56. The minimum Gasteiger partial charge on any atom is -0.486 e. The van der Waals surface area contributed by atoms with E-state index in [-0.39, 0.29) is 5.02 Å². The Bertz CT molecular complexity index is 646. The summed E-state index contributed by atoms with van der Waals surface area (Å²) < 4.78 is 24.2. The molecule has 0 bridgehead atoms. The predicted octanol–water partition coefficient (Wildman–Crippen LogP) is 4.58. The Morgan fingerprint density at radius 3 is 2.35 bits per heavy atom. The van der Waals surface area contributed by atoms with E-state index in [0.29, 0.717) is 24.7 Å². The fourth-order valence-corrected chi connectivity index (χ4v) is 2.54. The molecule has 1 aliphatic rings. The fraction of sp³-hybridized carbons (Fsp3) is 0.200. The number of alkyl halides is 1. The van der Waals surface area contributed by atoms with Crippen LogP contribution >= 0.6 is 23.2 Å². The van der Waals surface area contributed by atoms with Crippen LogP contribution in [0.3, 0.4) is 0 Å². The highest BCUT2D eigenvalue weighted by Crippen LogP contribution is 2.37. The lowest BCUT2D eigenvalue weighted by Gasteiger charge is -2.20. The zero-order valence-electron chi connectivity index (χ0n) is 10.4. The van der Waals surface area contributed by atoms with Gasteiger partial charge in [0, 0.05) is 0 Å². The Labute approximate surface area is 126 Å². The highest BCUT2D eigenvalue weighted by molar-refractivity contribution is 6.31. The first-order valence-corrected chi connectivity index (χ1v) is 6.95. The second-order valence-electron chi connectivity index (χ2n) is 4.44. The summed E-state index contributed by atoms with van der Waals surface area (Å²) in [7, 11) is 0. The summed E-state index contributed by atoms with van der Waals surface area (Å²) in [5.74, 6) is 0.926. The third-order valence-electron chi connectivity index (χ3n) is 3.10. The Kier molecular flexibility index (Phi) is 3.72. The summed E-state index contributed by atoms with van der Waals surface area (Å²) in [6, 6.07) is 9.99. The van der Waals surface area contributed by atoms with Gasteiger partial charge in [-0.15, -0.1) is 11.6 Å². The molecule has 2 aromatic carbocycles. The van der Waals surface area contributed by atoms with E-state index < -0.39 is 11.2 Å². The van der Waals surface area contributed by atoms with Gasteiger partial charge in [0.2, 0.25) is 0 Å². The number of benzene rings is 2. The monoisotopic (exact) mass is 312 g/mol. The molecule has 104 valence electrons. The van der Waals surface area contributed by atoms with E-state index in [0.717, 1.165) is 11.1 Å². The topological polar surface area (TPSA) is 18.5 Å². The molecule has 0 fully saturated rings. The molecule has 1 unspecified atom stereocenters. The number of fused-ring (bicyclic) bond motifs is 1. The summed E-state index contributed by atoms with van der Waals surface area (Å²) >= 11 is 12.2. The van der Waals surface area contributed by atoms with Crippen LogP contribution in [0, 0.1) is 5.82 Å². The molecule has 0 saturated carbocycles. The van der Waals surface area contributed by atoms with Crippen molar-refractivity contribution in [1.82, 2.24) is 0 Å². The molecule has 0 aromatic heterocycles. The van der Waals surface area contributed by atoms with Gasteiger partial charge in [-0.05, 0) is 35.4 Å². The van der Waals surface area contributed by atoms with E-state index in [1.54, 1.807) is 6.07 Å². The van der Waals surface area contributed by atoms with Crippen LogP contribution in [-0.4, -0.2) is 13.2 Å². The van der Waals surface area contributed by atoms with Gasteiger partial charge in [0.25, 0.3) is 0 Å². The molecule has 3 rings (SSSR count). The first-order chi connectivity index (χ1) is 9.65. The number of halogens is 3. The smallest absolute Gasteiger partial charge is 0.161 e. The average molecular weight is 313 g/mol. The lowest BCUT2D eigenvalue weighted by Crippen LogP contribution is -2.15. The minimum atomic E-state index is -0.457. The number of ether oxygens (including phenoxy) is 2. The normalized spacial score (nSPS) is 14.9. The van der Waals surface area contributed by atoms with Crippen molar-refractivity contribution in [1.29, 1.82) is 0 Å². The van der Waals surface area contributed by atoms with Crippen molar-refractivity contribution in [2.24, 2.45) is 0 Å². The molecule has 2 nitrogen and oxygen atoms in total. The molecule has 0 radical (unpaired) electrons. The van der Waals surface area contributed by atoms with Crippen molar-refractivity contribution >= 4 is 23.2 Å². The maximum atomic E-state index is 13.2. The molecule has 5 heteroatoms. The summed E-state index contributed by atoms with van der Waals surface area (Å²) in [5, 5.41) is -0.366. The maximum Gasteiger partial charge on any atom is 0.161 e. The number of rotatable bonds is 2. The van der Waals surface area contributed by atoms with Crippen LogP contribution in [0.1, 0.15) is 16.5 Å². The predicted molar refractivity (Wildman–Crippen MR) is 76.5 cm³/mol. The average Bonchev–Trinajstić information content (AvgIpc) is 2.49. The van der Waals surface area contributed by atoms with E-state index in [1.807, 2.05) is 18.2 Å². The van der Waals surface area contributed by atoms with E-state index in [9.17, 15) is 4.39 Å². The van der Waals surface area contributed by atoms with Gasteiger partial charge in [0.05, 0.1) is 10.4 Å². The molecular weight excluding hydrogens is 302 g/mol. The summed E-state index contributed by atoms with van der Waals surface area (Å²) in [5.41, 5.74) is 1.58. The molecule has 2 aromatic rings. The zero-order valence-corrected chi connectivity index (χ0v) is 11.9. The van der Waals surface area contributed by atoms with Gasteiger partial charge in [0.1, 0.15) is 19.0 Å². The lowest BCUT2D eigenvalue weighted by molar-refractivity contribution is 0.171. The molecule has 0 amide bonds. The van der Waals surface area contributed by atoms with Crippen LogP contribution in [0.4, 0.5) is 4.39 Å². The Balaban J connectivity index is 1.93. The standard InChI is InChI=1S/C15H11Cl2FO2/c16-11-7-9(1-3-12(11)18)15(17)10-2-4-13-14(8-10)20-6-5-19-13/h1-4,7-8,15H,5-6H2. The van der Waals surface area contributed by atoms with E-state index in [1.165, 1.54) is 12.1 Å². The fourth-order valence-electron chi connectivity index (χ4n) is 2.08. The third-order valence-corrected chi connectivity index (χ3v) is 3.89. The van der Waals surface area contributed by atoms with Crippen LogP contribution in [0.15, 0.2) is 36.4 Å². The molecule has 0 spiro atoms. The summed E-state index contributed by atoms with van der Waals surface area (Å²) in [6.45, 7) is 1.07. The van der Waals surface area contributed by atoms with Gasteiger partial charge >= 0.3 is 0 Å². The number of hydrogen-bond acceptors (Lipinski definition) is 2. The largest absolute Gasteiger partial charge is 0.486 e. The molecule has 1 atom stereocenters. The van der Waals surface area contributed by atoms with E-state index >= 15 is 0 Å². The van der Waals surface area contributed by atoms with Crippen LogP contribution in [0.2, 0.25) is 5.02 Å². The molecule has 0 saturated heterocycles. The second kappa shape index (κ2) is 5.51. The Hall–Kier alpha value is -1.45. The first kappa shape index (κ1) is 13.5. The minimum absolute atomic E-state index is 0.0608. The molecule has 20 heavy (non-hydrogen) atoms. The van der Waals surface area contributed by atoms with Crippen LogP contribution < -0.4 is 9.47 Å². The summed E-state index contributed by atoms with van der Waals surface area (Å²) in [4.78, 5) is 0. The van der Waals surface area contributed by atoms with Crippen molar-refractivity contribution in [3.63, 3.8) is 0 Å². The second-order valence-corrected chi connectivity index (χ2v) is 5.28. The van der Waals surface area contributed by atoms with Crippen LogP contribution in [-0.2, 0) is 0 Å². The number of hydrogen-bond donors (Lipinski definition) is 0. The van der Waals surface area contributed by atoms with Gasteiger partial charge in [-0.25, -0.2) is 4.39 Å². The quantitative estimate of drug-likeness (QED) is 0.756. The van der Waals surface area contributed by atoms with Crippen molar-refractivity contribution < 1.29 is 13.9 Å². The van der Waals surface area contributed by atoms with Gasteiger partial charge in [-0.3, -0.25) is 0 Å². The van der Waals surface area contributed by atoms with Gasteiger partial charge in [0.15, 0.2) is 11.5 Å². The Morgan fingerprint density at radius 1 is 0.950 bits per heavy atom. The molecule has 1 aliphatic heterocycles. The molecule has 0 N–H and O–H groups in total. The molecular formula is C15H11Cl2FO2. The van der Waals surface area contributed by atoms with Gasteiger partial charge in [-0.2, -0.15) is 0 Å². The van der Waals surface area contributed by atoms with Crippen molar-refractivity contribution in [3.8, 4) is 11.5 Å². The lowest BCUT2D eigenvalue weighted by atomic mass is 10.0. The van der Waals surface area contributed by atoms with Crippen molar-refractivity contribution in [3.05, 3.63) is 58.4 Å². The molecule has 1 heterocycles. The van der Waals surface area contributed by atoms with E-state index in [2.05, 4.69) is 0 Å². The SMILES string of the molecule is Fc1ccc(C(Cl)c2ccc3c(c2)OCCO3)cc1Cl. The van der Waals surface area contributed by atoms with Crippen LogP contribution in [0.25, 0.3) is 0 Å². The highest BCUT2D eigenvalue weighted by Gasteiger charge is 2.17. The summed E-state index contributed by atoms with van der Waals surface area (Å²) in [6.07, 6.45) is 0. The zero-order chi connectivity index (χ0) is 14.1. The van der Waals surface area contributed by atoms with Crippen molar-refractivity contribution in [2.75, 3.05) is 13.2 Å².